The van der Waals surface area contributed by atoms with E-state index >= 15 is 0 Å². The molecule has 0 atom stereocenters. The molecular formula is C24H26FN3O4. The number of hydrogen-bond acceptors (Lipinski definition) is 4. The van der Waals surface area contributed by atoms with Gasteiger partial charge in [-0.2, -0.15) is 0 Å². The Morgan fingerprint density at radius 1 is 1.03 bits per heavy atom. The van der Waals surface area contributed by atoms with Gasteiger partial charge in [-0.05, 0) is 42.7 Å². The van der Waals surface area contributed by atoms with Crippen LogP contribution in [0.3, 0.4) is 0 Å². The minimum atomic E-state index is -0.641. The highest BCUT2D eigenvalue weighted by Gasteiger charge is 2.19. The maximum Gasteiger partial charge on any atom is 0.256 e. The Hall–Kier alpha value is -3.68. The van der Waals surface area contributed by atoms with Gasteiger partial charge in [0.2, 0.25) is 5.43 Å². The second-order valence-corrected chi connectivity index (χ2v) is 7.41. The minimum Gasteiger partial charge on any atom is -0.467 e. The van der Waals surface area contributed by atoms with Crippen molar-refractivity contribution in [2.24, 2.45) is 0 Å². The summed E-state index contributed by atoms with van der Waals surface area (Å²) in [5, 5.41) is 5.40. The monoisotopic (exact) mass is 439 g/mol. The van der Waals surface area contributed by atoms with Crippen LogP contribution in [0.15, 0.2) is 64.3 Å². The molecule has 168 valence electrons. The van der Waals surface area contributed by atoms with Gasteiger partial charge in [-0.15, -0.1) is 0 Å². The predicted octanol–water partition coefficient (Wildman–Crippen LogP) is 3.13. The van der Waals surface area contributed by atoms with Crippen molar-refractivity contribution in [3.05, 3.63) is 93.5 Å². The first-order chi connectivity index (χ1) is 15.5. The summed E-state index contributed by atoms with van der Waals surface area (Å²) in [6.07, 6.45) is 6.45. The van der Waals surface area contributed by atoms with Crippen LogP contribution in [-0.2, 0) is 13.0 Å². The largest absolute Gasteiger partial charge is 0.467 e. The van der Waals surface area contributed by atoms with Crippen molar-refractivity contribution in [2.75, 3.05) is 13.1 Å². The number of rotatable bonds is 10. The Balaban J connectivity index is 1.80. The van der Waals surface area contributed by atoms with E-state index in [2.05, 4.69) is 10.6 Å². The molecule has 0 saturated heterocycles. The molecule has 0 saturated carbocycles. The van der Waals surface area contributed by atoms with Crippen LogP contribution in [0.4, 0.5) is 4.39 Å². The van der Waals surface area contributed by atoms with Crippen LogP contribution in [-0.4, -0.2) is 29.5 Å². The molecule has 2 N–H and O–H groups in total. The van der Waals surface area contributed by atoms with E-state index in [1.165, 1.54) is 30.8 Å². The van der Waals surface area contributed by atoms with E-state index in [1.54, 1.807) is 28.8 Å². The molecular weight excluding hydrogens is 413 g/mol. The molecule has 0 unspecified atom stereocenters. The van der Waals surface area contributed by atoms with Crippen LogP contribution in [0.2, 0.25) is 0 Å². The summed E-state index contributed by atoms with van der Waals surface area (Å²) in [7, 11) is 0. The number of amides is 2. The summed E-state index contributed by atoms with van der Waals surface area (Å²) < 4.78 is 20.2. The zero-order valence-electron chi connectivity index (χ0n) is 17.9. The topological polar surface area (TPSA) is 93.3 Å². The summed E-state index contributed by atoms with van der Waals surface area (Å²) in [6.45, 7) is 2.91. The number of pyridine rings is 1. The van der Waals surface area contributed by atoms with Gasteiger partial charge in [0.25, 0.3) is 11.8 Å². The van der Waals surface area contributed by atoms with E-state index in [-0.39, 0.29) is 30.0 Å². The first kappa shape index (κ1) is 23.0. The van der Waals surface area contributed by atoms with Crippen LogP contribution in [0.5, 0.6) is 0 Å². The van der Waals surface area contributed by atoms with Crippen molar-refractivity contribution in [1.29, 1.82) is 0 Å². The molecule has 0 fully saturated rings. The molecule has 1 aromatic carbocycles. The third kappa shape index (κ3) is 6.16. The number of halogens is 1. The molecule has 3 aromatic rings. The van der Waals surface area contributed by atoms with Crippen LogP contribution >= 0.6 is 0 Å². The lowest BCUT2D eigenvalue weighted by atomic mass is 10.1. The molecule has 3 rings (SSSR count). The lowest BCUT2D eigenvalue weighted by Gasteiger charge is -2.12. The van der Waals surface area contributed by atoms with Gasteiger partial charge >= 0.3 is 0 Å². The van der Waals surface area contributed by atoms with Gasteiger partial charge in [0, 0.05) is 25.5 Å². The van der Waals surface area contributed by atoms with Crippen molar-refractivity contribution in [3.63, 3.8) is 0 Å². The third-order valence-corrected chi connectivity index (χ3v) is 4.89. The molecule has 0 aliphatic rings. The molecule has 0 bridgehead atoms. The van der Waals surface area contributed by atoms with E-state index in [4.69, 9.17) is 4.42 Å². The molecule has 32 heavy (non-hydrogen) atoms. The van der Waals surface area contributed by atoms with Crippen LogP contribution in [0.25, 0.3) is 0 Å². The average molecular weight is 439 g/mol. The molecule has 0 aliphatic heterocycles. The number of furan rings is 1. The van der Waals surface area contributed by atoms with Gasteiger partial charge in [-0.3, -0.25) is 14.4 Å². The third-order valence-electron chi connectivity index (χ3n) is 4.89. The number of aromatic nitrogens is 1. The molecule has 0 aliphatic carbocycles. The fourth-order valence-electron chi connectivity index (χ4n) is 3.21. The molecule has 2 amide bonds. The van der Waals surface area contributed by atoms with Crippen molar-refractivity contribution < 1.29 is 18.4 Å². The van der Waals surface area contributed by atoms with Crippen LogP contribution in [0, 0.1) is 5.82 Å². The maximum atomic E-state index is 13.3. The number of unbranched alkanes of at least 4 members (excludes halogenated alkanes) is 1. The molecule has 8 heteroatoms. The number of benzene rings is 1. The van der Waals surface area contributed by atoms with Gasteiger partial charge in [-0.1, -0.05) is 25.5 Å². The predicted molar refractivity (Wildman–Crippen MR) is 118 cm³/mol. The summed E-state index contributed by atoms with van der Waals surface area (Å²) in [5.41, 5.74) is -0.160. The molecule has 0 spiro atoms. The quantitative estimate of drug-likeness (QED) is 0.475. The number of hydrogen-bond donors (Lipinski definition) is 2. The Bertz CT molecular complexity index is 1120. The van der Waals surface area contributed by atoms with Gasteiger partial charge in [0.1, 0.15) is 22.7 Å². The number of nitrogens with one attached hydrogen (secondary N) is 2. The molecule has 7 nitrogen and oxygen atoms in total. The van der Waals surface area contributed by atoms with Gasteiger partial charge < -0.3 is 19.6 Å². The van der Waals surface area contributed by atoms with Crippen LogP contribution in [0.1, 0.15) is 51.8 Å². The smallest absolute Gasteiger partial charge is 0.256 e. The minimum absolute atomic E-state index is 0.106. The maximum absolute atomic E-state index is 13.3. The lowest BCUT2D eigenvalue weighted by Crippen LogP contribution is -2.36. The summed E-state index contributed by atoms with van der Waals surface area (Å²) >= 11 is 0. The second kappa shape index (κ2) is 11.1. The summed E-state index contributed by atoms with van der Waals surface area (Å²) in [4.78, 5) is 38.3. The van der Waals surface area contributed by atoms with E-state index in [0.29, 0.717) is 18.7 Å². The van der Waals surface area contributed by atoms with Crippen molar-refractivity contribution >= 4 is 11.8 Å². The Kier molecular flexibility index (Phi) is 7.96. The lowest BCUT2D eigenvalue weighted by molar-refractivity contribution is 0.0950. The number of carbonyl (C=O) groups is 2. The standard InChI is InChI=1S/C24H26FN3O4/c1-2-3-10-26-23(30)20-15-28(14-19-8-5-12-32-19)16-21(22(20)29)24(31)27-11-9-17-6-4-7-18(25)13-17/h4-8,12-13,15-16H,2-3,9-11,14H2,1H3,(H,26,30)(H,27,31). The fourth-order valence-corrected chi connectivity index (χ4v) is 3.21. The second-order valence-electron chi connectivity index (χ2n) is 7.41. The molecule has 2 aromatic heterocycles. The summed E-state index contributed by atoms with van der Waals surface area (Å²) in [5.74, 6) is -0.853. The van der Waals surface area contributed by atoms with Crippen molar-refractivity contribution in [3.8, 4) is 0 Å². The molecule has 2 heterocycles. The zero-order chi connectivity index (χ0) is 22.9. The van der Waals surface area contributed by atoms with Crippen molar-refractivity contribution in [1.82, 2.24) is 15.2 Å². The molecule has 0 radical (unpaired) electrons. The van der Waals surface area contributed by atoms with Gasteiger partial charge in [0.05, 0.1) is 12.8 Å². The Morgan fingerprint density at radius 2 is 1.75 bits per heavy atom. The van der Waals surface area contributed by atoms with E-state index in [9.17, 15) is 18.8 Å². The van der Waals surface area contributed by atoms with E-state index in [1.807, 2.05) is 6.92 Å². The van der Waals surface area contributed by atoms with E-state index in [0.717, 1.165) is 18.4 Å². The fraction of sp³-hybridized carbons (Fsp3) is 0.292. The highest BCUT2D eigenvalue weighted by Crippen LogP contribution is 2.07. The average Bonchev–Trinajstić information content (AvgIpc) is 3.28. The van der Waals surface area contributed by atoms with Crippen molar-refractivity contribution in [2.45, 2.75) is 32.7 Å². The SMILES string of the molecule is CCCCNC(=O)c1cn(Cc2ccco2)cc(C(=O)NCCc2cccc(F)c2)c1=O. The normalized spacial score (nSPS) is 10.7. The summed E-state index contributed by atoms with van der Waals surface area (Å²) in [6, 6.07) is 9.59. The van der Waals surface area contributed by atoms with Crippen LogP contribution < -0.4 is 16.1 Å². The Morgan fingerprint density at radius 3 is 2.38 bits per heavy atom. The highest BCUT2D eigenvalue weighted by molar-refractivity contribution is 5.99. The van der Waals surface area contributed by atoms with Gasteiger partial charge in [-0.25, -0.2) is 4.39 Å². The number of nitrogens with zero attached hydrogens (tertiary/aromatic N) is 1. The number of carbonyl (C=O) groups excluding carboxylic acids is 2. The Labute approximate surface area is 185 Å². The van der Waals surface area contributed by atoms with E-state index < -0.39 is 17.2 Å². The zero-order valence-corrected chi connectivity index (χ0v) is 17.9. The first-order valence-electron chi connectivity index (χ1n) is 10.5. The highest BCUT2D eigenvalue weighted by atomic mass is 19.1. The van der Waals surface area contributed by atoms with Gasteiger partial charge in [0.15, 0.2) is 0 Å². The first-order valence-corrected chi connectivity index (χ1v) is 10.5.